The Balaban J connectivity index is 2.22. The maximum atomic E-state index is 6.24. The van der Waals surface area contributed by atoms with Crippen molar-refractivity contribution in [2.45, 2.75) is 33.4 Å². The topological polar surface area (TPSA) is 54.2 Å². The van der Waals surface area contributed by atoms with E-state index in [4.69, 9.17) is 22.3 Å². The van der Waals surface area contributed by atoms with Gasteiger partial charge in [-0.2, -0.15) is 0 Å². The molecule has 3 N–H and O–H groups in total. The van der Waals surface area contributed by atoms with Crippen molar-refractivity contribution in [2.75, 3.05) is 20.1 Å². The van der Waals surface area contributed by atoms with Crippen molar-refractivity contribution >= 4 is 17.3 Å². The van der Waals surface area contributed by atoms with Crippen LogP contribution < -0.4 is 11.1 Å². The molecule has 5 heteroatoms. The van der Waals surface area contributed by atoms with Crippen LogP contribution in [0, 0.1) is 6.92 Å². The molecule has 2 aromatic rings. The van der Waals surface area contributed by atoms with Gasteiger partial charge in [-0.15, -0.1) is 0 Å². The Labute approximate surface area is 161 Å². The van der Waals surface area contributed by atoms with Gasteiger partial charge in [0.25, 0.3) is 0 Å². The van der Waals surface area contributed by atoms with Crippen LogP contribution in [-0.4, -0.2) is 30.0 Å². The van der Waals surface area contributed by atoms with Gasteiger partial charge < -0.3 is 16.0 Å². The summed E-state index contributed by atoms with van der Waals surface area (Å²) in [6.45, 7) is 11.7. The van der Waals surface area contributed by atoms with Gasteiger partial charge in [-0.05, 0) is 54.8 Å². The largest absolute Gasteiger partial charge is 0.364 e. The van der Waals surface area contributed by atoms with Crippen LogP contribution in [0.15, 0.2) is 24.8 Å². The molecule has 4 nitrogen and oxygen atoms in total. The van der Waals surface area contributed by atoms with Gasteiger partial charge in [0, 0.05) is 41.6 Å². The van der Waals surface area contributed by atoms with Crippen molar-refractivity contribution in [3.63, 3.8) is 0 Å². The Morgan fingerprint density at radius 3 is 2.77 bits per heavy atom. The number of nitrogens with two attached hydrogens (primary N) is 1. The monoisotopic (exact) mass is 370 g/mol. The minimum Gasteiger partial charge on any atom is -0.364 e. The molecule has 0 saturated heterocycles. The summed E-state index contributed by atoms with van der Waals surface area (Å²) in [6, 6.07) is 6.11. The van der Waals surface area contributed by atoms with Gasteiger partial charge in [-0.3, -0.25) is 4.98 Å². The van der Waals surface area contributed by atoms with Crippen LogP contribution in [0.3, 0.4) is 0 Å². The molecule has 1 aliphatic heterocycles. The smallest absolute Gasteiger partial charge is 0.0699 e. The molecular formula is C21H27ClN4. The van der Waals surface area contributed by atoms with E-state index in [0.717, 1.165) is 59.3 Å². The summed E-state index contributed by atoms with van der Waals surface area (Å²) < 4.78 is 0. The standard InChI is InChI=1S/C21H27ClN4/c1-5-15-10-16(22)6-7-17(15)21-18(11-23)13(2)25-19-12-26(9-8-24-4)14(3)20(19)21/h6-7,10,24H,3,5,8-9,11-12,23H2,1-2,4H3. The molecule has 0 unspecified atom stereocenters. The Morgan fingerprint density at radius 2 is 2.12 bits per heavy atom. The zero-order valence-corrected chi connectivity index (χ0v) is 16.6. The Morgan fingerprint density at radius 1 is 1.35 bits per heavy atom. The normalized spacial score (nSPS) is 13.4. The summed E-state index contributed by atoms with van der Waals surface area (Å²) in [7, 11) is 1.97. The molecule has 0 amide bonds. The van der Waals surface area contributed by atoms with Gasteiger partial charge in [0.1, 0.15) is 0 Å². The van der Waals surface area contributed by atoms with Crippen LogP contribution in [0.4, 0.5) is 0 Å². The summed E-state index contributed by atoms with van der Waals surface area (Å²) in [6.07, 6.45) is 0.909. The number of hydrogen-bond acceptors (Lipinski definition) is 4. The number of fused-ring (bicyclic) bond motifs is 1. The number of halogens is 1. The van der Waals surface area contributed by atoms with Gasteiger partial charge in [0.2, 0.25) is 0 Å². The fourth-order valence-electron chi connectivity index (χ4n) is 3.77. The highest BCUT2D eigenvalue weighted by molar-refractivity contribution is 6.30. The molecule has 0 aliphatic carbocycles. The number of likely N-dealkylation sites (N-methyl/N-ethyl adjacent to an activating group) is 1. The predicted molar refractivity (Wildman–Crippen MR) is 110 cm³/mol. The third kappa shape index (κ3) is 3.25. The van der Waals surface area contributed by atoms with Gasteiger partial charge >= 0.3 is 0 Å². The molecule has 2 heterocycles. The van der Waals surface area contributed by atoms with E-state index in [-0.39, 0.29) is 0 Å². The lowest BCUT2D eigenvalue weighted by atomic mass is 9.89. The van der Waals surface area contributed by atoms with Crippen LogP contribution >= 0.6 is 11.6 Å². The summed E-state index contributed by atoms with van der Waals surface area (Å²) in [5.74, 6) is 0. The average molecular weight is 371 g/mol. The van der Waals surface area contributed by atoms with E-state index in [1.165, 1.54) is 16.7 Å². The summed E-state index contributed by atoms with van der Waals surface area (Å²) in [4.78, 5) is 7.15. The first-order valence-corrected chi connectivity index (χ1v) is 9.49. The number of aromatic nitrogens is 1. The molecule has 1 aromatic heterocycles. The van der Waals surface area contributed by atoms with E-state index in [9.17, 15) is 0 Å². The van der Waals surface area contributed by atoms with Crippen molar-refractivity contribution in [1.29, 1.82) is 0 Å². The minimum absolute atomic E-state index is 0.455. The maximum Gasteiger partial charge on any atom is 0.0699 e. The van der Waals surface area contributed by atoms with Gasteiger partial charge in [-0.1, -0.05) is 31.2 Å². The Kier molecular flexibility index (Phi) is 5.66. The van der Waals surface area contributed by atoms with E-state index in [1.807, 2.05) is 20.0 Å². The fourth-order valence-corrected chi connectivity index (χ4v) is 3.96. The zero-order valence-electron chi connectivity index (χ0n) is 15.8. The third-order valence-corrected chi connectivity index (χ3v) is 5.38. The number of nitrogens with zero attached hydrogens (tertiary/aromatic N) is 2. The minimum atomic E-state index is 0.455. The number of aryl methyl sites for hydroxylation is 2. The van der Waals surface area contributed by atoms with Gasteiger partial charge in [0.05, 0.1) is 12.2 Å². The number of hydrogen-bond donors (Lipinski definition) is 2. The molecule has 1 aliphatic rings. The van der Waals surface area contributed by atoms with E-state index in [1.54, 1.807) is 0 Å². The fraction of sp³-hybridized carbons (Fsp3) is 0.381. The van der Waals surface area contributed by atoms with Crippen LogP contribution in [0.25, 0.3) is 16.8 Å². The Bertz CT molecular complexity index is 844. The molecule has 0 radical (unpaired) electrons. The van der Waals surface area contributed by atoms with Crippen molar-refractivity contribution in [3.8, 4) is 11.1 Å². The molecular weight excluding hydrogens is 344 g/mol. The highest BCUT2D eigenvalue weighted by atomic mass is 35.5. The quantitative estimate of drug-likeness (QED) is 0.813. The highest BCUT2D eigenvalue weighted by Crippen LogP contribution is 2.42. The lowest BCUT2D eigenvalue weighted by Crippen LogP contribution is -2.25. The second-order valence-corrected chi connectivity index (χ2v) is 7.14. The third-order valence-electron chi connectivity index (χ3n) is 5.14. The molecule has 0 spiro atoms. The highest BCUT2D eigenvalue weighted by Gasteiger charge is 2.30. The lowest BCUT2D eigenvalue weighted by molar-refractivity contribution is 0.405. The van der Waals surface area contributed by atoms with Crippen molar-refractivity contribution < 1.29 is 0 Å². The molecule has 3 rings (SSSR count). The summed E-state index contributed by atoms with van der Waals surface area (Å²) in [5, 5.41) is 3.97. The molecule has 138 valence electrons. The second kappa shape index (κ2) is 7.78. The molecule has 26 heavy (non-hydrogen) atoms. The first-order chi connectivity index (χ1) is 12.5. The molecule has 0 fully saturated rings. The number of rotatable bonds is 6. The SMILES string of the molecule is C=C1c2c(nc(C)c(CN)c2-c2ccc(Cl)cc2CC)CN1CCNC. The summed E-state index contributed by atoms with van der Waals surface area (Å²) in [5.41, 5.74) is 15.1. The first-order valence-electron chi connectivity index (χ1n) is 9.11. The van der Waals surface area contributed by atoms with E-state index >= 15 is 0 Å². The van der Waals surface area contributed by atoms with Crippen molar-refractivity contribution in [2.24, 2.45) is 5.73 Å². The van der Waals surface area contributed by atoms with E-state index in [2.05, 4.69) is 35.9 Å². The second-order valence-electron chi connectivity index (χ2n) is 6.70. The maximum absolute atomic E-state index is 6.24. The first kappa shape index (κ1) is 18.9. The lowest BCUT2D eigenvalue weighted by Gasteiger charge is -2.21. The number of benzene rings is 1. The summed E-state index contributed by atoms with van der Waals surface area (Å²) >= 11 is 6.24. The van der Waals surface area contributed by atoms with Crippen LogP contribution in [0.1, 0.15) is 35.0 Å². The van der Waals surface area contributed by atoms with Crippen LogP contribution in [0.2, 0.25) is 5.02 Å². The van der Waals surface area contributed by atoms with Gasteiger partial charge in [0.15, 0.2) is 0 Å². The van der Waals surface area contributed by atoms with Crippen LogP contribution in [-0.2, 0) is 19.5 Å². The molecule has 0 bridgehead atoms. The predicted octanol–water partition coefficient (Wildman–Crippen LogP) is 3.74. The van der Waals surface area contributed by atoms with E-state index in [0.29, 0.717) is 6.54 Å². The molecule has 0 saturated carbocycles. The van der Waals surface area contributed by atoms with E-state index < -0.39 is 0 Å². The Hall–Kier alpha value is -1.88. The zero-order chi connectivity index (χ0) is 18.8. The number of pyridine rings is 1. The van der Waals surface area contributed by atoms with Crippen molar-refractivity contribution in [1.82, 2.24) is 15.2 Å². The number of nitrogens with one attached hydrogen (secondary N) is 1. The average Bonchev–Trinajstić information content (AvgIpc) is 2.94. The van der Waals surface area contributed by atoms with Gasteiger partial charge in [-0.25, -0.2) is 0 Å². The molecule has 1 aromatic carbocycles. The van der Waals surface area contributed by atoms with Crippen molar-refractivity contribution in [3.05, 3.63) is 57.9 Å². The molecule has 0 atom stereocenters. The van der Waals surface area contributed by atoms with Crippen LogP contribution in [0.5, 0.6) is 0 Å².